The number of rotatable bonds is 6. The average molecular weight is 401 g/mol. The van der Waals surface area contributed by atoms with Crippen molar-refractivity contribution in [2.24, 2.45) is 0 Å². The fraction of sp³-hybridized carbons (Fsp3) is 0.611. The molecule has 9 nitrogen and oxygen atoms in total. The molecule has 0 aromatic carbocycles. The summed E-state index contributed by atoms with van der Waals surface area (Å²) in [6.45, 7) is 1.96. The van der Waals surface area contributed by atoms with Crippen LogP contribution in [0.3, 0.4) is 0 Å². The lowest BCUT2D eigenvalue weighted by atomic mass is 10.2. The summed E-state index contributed by atoms with van der Waals surface area (Å²) in [7, 11) is -3.57. The second-order valence-electron chi connectivity index (χ2n) is 7.91. The van der Waals surface area contributed by atoms with Gasteiger partial charge in [-0.2, -0.15) is 22.3 Å². The molecule has 3 aliphatic rings. The minimum absolute atomic E-state index is 0.0634. The Balaban J connectivity index is 1.41. The molecule has 10 heteroatoms. The van der Waals surface area contributed by atoms with Gasteiger partial charge in [-0.1, -0.05) is 0 Å². The van der Waals surface area contributed by atoms with Crippen LogP contribution in [-0.2, 0) is 10.2 Å². The number of aromatic amines is 1. The number of hydrogen-bond acceptors (Lipinski definition) is 6. The SMILES string of the molecule is N#CCCN(C1CC1)S(=O)(=O)N1CCN(c2ncnc3[nH]ccc23)CC12CC2. The van der Waals surface area contributed by atoms with Crippen LogP contribution in [0.2, 0.25) is 0 Å². The van der Waals surface area contributed by atoms with E-state index < -0.39 is 10.2 Å². The molecule has 1 N–H and O–H groups in total. The third-order valence-corrected chi connectivity index (χ3v) is 8.22. The van der Waals surface area contributed by atoms with Gasteiger partial charge in [-0.3, -0.25) is 0 Å². The molecule has 2 aromatic heterocycles. The quantitative estimate of drug-likeness (QED) is 0.780. The summed E-state index contributed by atoms with van der Waals surface area (Å²) >= 11 is 0. The number of nitrogens with zero attached hydrogens (tertiary/aromatic N) is 6. The van der Waals surface area contributed by atoms with Crippen LogP contribution in [0.15, 0.2) is 18.6 Å². The van der Waals surface area contributed by atoms with E-state index >= 15 is 0 Å². The Morgan fingerprint density at radius 1 is 1.32 bits per heavy atom. The number of anilines is 1. The second kappa shape index (κ2) is 6.40. The molecule has 0 atom stereocenters. The molecule has 2 aromatic rings. The Bertz CT molecular complexity index is 1040. The molecule has 148 valence electrons. The molecule has 0 amide bonds. The molecule has 28 heavy (non-hydrogen) atoms. The minimum Gasteiger partial charge on any atom is -0.353 e. The van der Waals surface area contributed by atoms with E-state index in [9.17, 15) is 8.42 Å². The van der Waals surface area contributed by atoms with Gasteiger partial charge in [-0.05, 0) is 31.7 Å². The van der Waals surface area contributed by atoms with Gasteiger partial charge in [0.25, 0.3) is 10.2 Å². The standard InChI is InChI=1S/C18H23N7O2S/c19-7-1-9-24(14-2-3-14)28(26,27)25-11-10-23(12-18(25)5-6-18)17-15-4-8-20-16(15)21-13-22-17/h4,8,13-14H,1-3,5-6,9-12H2,(H,20,21,22). The summed E-state index contributed by atoms with van der Waals surface area (Å²) < 4.78 is 30.2. The Morgan fingerprint density at radius 2 is 2.14 bits per heavy atom. The van der Waals surface area contributed by atoms with E-state index in [0.29, 0.717) is 19.6 Å². The maximum absolute atomic E-state index is 13.4. The molecule has 3 fully saturated rings. The Hall–Kier alpha value is -2.22. The highest BCUT2D eigenvalue weighted by molar-refractivity contribution is 7.86. The maximum Gasteiger partial charge on any atom is 0.282 e. The number of hydrogen-bond donors (Lipinski definition) is 1. The summed E-state index contributed by atoms with van der Waals surface area (Å²) in [6, 6.07) is 4.11. The topological polar surface area (TPSA) is 109 Å². The van der Waals surface area contributed by atoms with Crippen LogP contribution in [0, 0.1) is 11.3 Å². The summed E-state index contributed by atoms with van der Waals surface area (Å²) in [5, 5.41) is 9.89. The third kappa shape index (κ3) is 2.85. The fourth-order valence-electron chi connectivity index (χ4n) is 4.30. The summed E-state index contributed by atoms with van der Waals surface area (Å²) in [5.74, 6) is 0.859. The summed E-state index contributed by atoms with van der Waals surface area (Å²) in [4.78, 5) is 14.0. The van der Waals surface area contributed by atoms with Gasteiger partial charge >= 0.3 is 0 Å². The first kappa shape index (κ1) is 17.8. The highest BCUT2D eigenvalue weighted by atomic mass is 32.2. The fourth-order valence-corrected chi connectivity index (χ4v) is 6.51. The van der Waals surface area contributed by atoms with Gasteiger partial charge in [0.05, 0.1) is 17.0 Å². The van der Waals surface area contributed by atoms with Crippen LogP contribution in [0.5, 0.6) is 0 Å². The molecular formula is C18H23N7O2S. The van der Waals surface area contributed by atoms with Gasteiger partial charge in [0.2, 0.25) is 0 Å². The lowest BCUT2D eigenvalue weighted by molar-refractivity contribution is 0.243. The molecule has 3 heterocycles. The number of nitriles is 1. The van der Waals surface area contributed by atoms with Crippen molar-refractivity contribution in [3.05, 3.63) is 18.6 Å². The van der Waals surface area contributed by atoms with Crippen molar-refractivity contribution in [1.29, 1.82) is 5.26 Å². The highest BCUT2D eigenvalue weighted by Crippen LogP contribution is 2.48. The number of aromatic nitrogens is 3. The van der Waals surface area contributed by atoms with Crippen molar-refractivity contribution >= 4 is 27.1 Å². The molecule has 1 spiro atoms. The normalized spacial score (nSPS) is 22.1. The van der Waals surface area contributed by atoms with E-state index in [4.69, 9.17) is 5.26 Å². The van der Waals surface area contributed by atoms with Crippen LogP contribution in [0.4, 0.5) is 5.82 Å². The monoisotopic (exact) mass is 401 g/mol. The molecule has 2 saturated carbocycles. The molecule has 0 radical (unpaired) electrons. The molecule has 1 aliphatic heterocycles. The van der Waals surface area contributed by atoms with Crippen molar-refractivity contribution in [1.82, 2.24) is 23.6 Å². The van der Waals surface area contributed by atoms with Crippen LogP contribution >= 0.6 is 0 Å². The summed E-state index contributed by atoms with van der Waals surface area (Å²) in [5.41, 5.74) is 0.436. The zero-order valence-corrected chi connectivity index (χ0v) is 16.4. The van der Waals surface area contributed by atoms with Gasteiger partial charge in [-0.15, -0.1) is 0 Å². The van der Waals surface area contributed by atoms with Gasteiger partial charge in [-0.25, -0.2) is 9.97 Å². The van der Waals surface area contributed by atoms with E-state index in [2.05, 4.69) is 25.9 Å². The zero-order valence-electron chi connectivity index (χ0n) is 15.6. The average Bonchev–Trinajstić information content (AvgIpc) is 3.61. The van der Waals surface area contributed by atoms with Gasteiger partial charge < -0.3 is 9.88 Å². The number of H-pyrrole nitrogens is 1. The lowest BCUT2D eigenvalue weighted by Gasteiger charge is -2.43. The predicted octanol–water partition coefficient (Wildman–Crippen LogP) is 1.24. The van der Waals surface area contributed by atoms with Crippen molar-refractivity contribution in [3.8, 4) is 6.07 Å². The number of piperazine rings is 1. The van der Waals surface area contributed by atoms with Gasteiger partial charge in [0.1, 0.15) is 17.8 Å². The molecule has 0 unspecified atom stereocenters. The van der Waals surface area contributed by atoms with E-state index in [-0.39, 0.29) is 24.5 Å². The molecule has 2 aliphatic carbocycles. The smallest absolute Gasteiger partial charge is 0.282 e. The van der Waals surface area contributed by atoms with Crippen LogP contribution in [0.1, 0.15) is 32.1 Å². The van der Waals surface area contributed by atoms with Crippen molar-refractivity contribution < 1.29 is 8.42 Å². The van der Waals surface area contributed by atoms with Crippen molar-refractivity contribution in [2.75, 3.05) is 31.1 Å². The Morgan fingerprint density at radius 3 is 2.86 bits per heavy atom. The van der Waals surface area contributed by atoms with E-state index in [1.54, 1.807) is 14.9 Å². The predicted molar refractivity (Wildman–Crippen MR) is 104 cm³/mol. The molecule has 0 bridgehead atoms. The van der Waals surface area contributed by atoms with E-state index in [1.807, 2.05) is 12.3 Å². The number of nitrogens with one attached hydrogen (secondary N) is 1. The molecule has 1 saturated heterocycles. The zero-order chi connectivity index (χ0) is 19.4. The first-order valence-corrected chi connectivity index (χ1v) is 11.1. The van der Waals surface area contributed by atoms with E-state index in [1.165, 1.54) is 0 Å². The number of fused-ring (bicyclic) bond motifs is 1. The largest absolute Gasteiger partial charge is 0.353 e. The van der Waals surface area contributed by atoms with Crippen LogP contribution in [-0.4, -0.2) is 69.7 Å². The van der Waals surface area contributed by atoms with Crippen LogP contribution < -0.4 is 4.90 Å². The lowest BCUT2D eigenvalue weighted by Crippen LogP contribution is -2.60. The first-order chi connectivity index (χ1) is 13.5. The third-order valence-electron chi connectivity index (χ3n) is 6.02. The van der Waals surface area contributed by atoms with Crippen molar-refractivity contribution in [2.45, 2.75) is 43.7 Å². The summed E-state index contributed by atoms with van der Waals surface area (Å²) in [6.07, 6.45) is 7.14. The second-order valence-corrected chi connectivity index (χ2v) is 9.72. The maximum atomic E-state index is 13.4. The minimum atomic E-state index is -3.57. The molecule has 5 rings (SSSR count). The Labute approximate surface area is 164 Å². The first-order valence-electron chi connectivity index (χ1n) is 9.75. The van der Waals surface area contributed by atoms with Gasteiger partial charge in [0.15, 0.2) is 0 Å². The van der Waals surface area contributed by atoms with Gasteiger partial charge in [0, 0.05) is 44.8 Å². The Kier molecular flexibility index (Phi) is 4.08. The highest BCUT2D eigenvalue weighted by Gasteiger charge is 2.58. The molecular weight excluding hydrogens is 378 g/mol. The van der Waals surface area contributed by atoms with Crippen LogP contribution in [0.25, 0.3) is 11.0 Å². The van der Waals surface area contributed by atoms with Crippen molar-refractivity contribution in [3.63, 3.8) is 0 Å². The van der Waals surface area contributed by atoms with E-state index in [0.717, 1.165) is 42.5 Å².